The van der Waals surface area contributed by atoms with Crippen LogP contribution in [0.1, 0.15) is 55.8 Å². The first-order valence-electron chi connectivity index (χ1n) is 7.30. The van der Waals surface area contributed by atoms with Crippen molar-refractivity contribution in [3.63, 3.8) is 0 Å². The van der Waals surface area contributed by atoms with Gasteiger partial charge in [0.15, 0.2) is 0 Å². The van der Waals surface area contributed by atoms with Gasteiger partial charge in [-0.25, -0.2) is 4.39 Å². The zero-order valence-corrected chi connectivity index (χ0v) is 12.8. The summed E-state index contributed by atoms with van der Waals surface area (Å²) >= 11 is 0. The van der Waals surface area contributed by atoms with Crippen molar-refractivity contribution in [2.75, 3.05) is 7.05 Å². The Hall–Kier alpha value is -0.890. The lowest BCUT2D eigenvalue weighted by atomic mass is 9.74. The summed E-state index contributed by atoms with van der Waals surface area (Å²) < 4.78 is 14.4. The summed E-state index contributed by atoms with van der Waals surface area (Å²) in [5.41, 5.74) is 3.23. The Labute approximate surface area is 116 Å². The van der Waals surface area contributed by atoms with Gasteiger partial charge in [-0.1, -0.05) is 26.3 Å². The average Bonchev–Trinajstić information content (AvgIpc) is 2.63. The second-order valence-electron chi connectivity index (χ2n) is 6.73. The summed E-state index contributed by atoms with van der Waals surface area (Å²) in [7, 11) is 1.96. The summed E-state index contributed by atoms with van der Waals surface area (Å²) in [4.78, 5) is 0. The third kappa shape index (κ3) is 2.69. The highest BCUT2D eigenvalue weighted by molar-refractivity contribution is 5.35. The third-order valence-corrected chi connectivity index (χ3v) is 4.85. The maximum atomic E-state index is 14.4. The van der Waals surface area contributed by atoms with Crippen LogP contribution in [0.15, 0.2) is 12.1 Å². The highest BCUT2D eigenvalue weighted by Crippen LogP contribution is 2.49. The van der Waals surface area contributed by atoms with Gasteiger partial charge in [0, 0.05) is 11.6 Å². The first-order chi connectivity index (χ1) is 8.86. The van der Waals surface area contributed by atoms with E-state index in [0.29, 0.717) is 5.92 Å². The maximum Gasteiger partial charge on any atom is 0.128 e. The smallest absolute Gasteiger partial charge is 0.128 e. The predicted molar refractivity (Wildman–Crippen MR) is 78.8 cm³/mol. The first kappa shape index (κ1) is 14.5. The lowest BCUT2D eigenvalue weighted by molar-refractivity contribution is 0.200. The van der Waals surface area contributed by atoms with E-state index < -0.39 is 0 Å². The van der Waals surface area contributed by atoms with E-state index in [2.05, 4.69) is 25.2 Å². The van der Waals surface area contributed by atoms with Gasteiger partial charge in [-0.15, -0.1) is 0 Å². The number of hydrogen-bond donors (Lipinski definition) is 1. The van der Waals surface area contributed by atoms with Gasteiger partial charge in [-0.3, -0.25) is 0 Å². The topological polar surface area (TPSA) is 12.0 Å². The molecule has 1 N–H and O–H groups in total. The largest absolute Gasteiger partial charge is 0.313 e. The van der Waals surface area contributed by atoms with Crippen LogP contribution >= 0.6 is 0 Å². The molecule has 0 aliphatic heterocycles. The summed E-state index contributed by atoms with van der Waals surface area (Å²) in [6, 6.07) is 3.87. The summed E-state index contributed by atoms with van der Waals surface area (Å²) in [6.07, 6.45) is 3.68. The van der Waals surface area contributed by atoms with Gasteiger partial charge in [0.2, 0.25) is 0 Å². The van der Waals surface area contributed by atoms with E-state index in [4.69, 9.17) is 0 Å². The van der Waals surface area contributed by atoms with Crippen LogP contribution in [0.25, 0.3) is 0 Å². The molecule has 0 bridgehead atoms. The molecule has 0 amide bonds. The Balaban J connectivity index is 2.43. The maximum absolute atomic E-state index is 14.4. The molecule has 1 aliphatic rings. The minimum absolute atomic E-state index is 0.0560. The van der Waals surface area contributed by atoms with Gasteiger partial charge in [0.05, 0.1) is 0 Å². The molecule has 1 aromatic rings. The molecule has 1 aromatic carbocycles. The molecule has 2 heteroatoms. The molecule has 0 radical (unpaired) electrons. The molecular weight excluding hydrogens is 237 g/mol. The molecule has 2 rings (SSSR count). The molecule has 2 atom stereocenters. The fraction of sp³-hybridized carbons (Fsp3) is 0.647. The summed E-state index contributed by atoms with van der Waals surface area (Å²) in [5, 5.41) is 3.38. The number of aryl methyl sites for hydroxylation is 2. The summed E-state index contributed by atoms with van der Waals surface area (Å²) in [5.74, 6) is 0.452. The Morgan fingerprint density at radius 3 is 2.47 bits per heavy atom. The molecule has 0 saturated heterocycles. The number of halogens is 1. The minimum atomic E-state index is -0.0560. The van der Waals surface area contributed by atoms with Crippen molar-refractivity contribution >= 4 is 0 Å². The van der Waals surface area contributed by atoms with E-state index in [1.165, 1.54) is 19.3 Å². The minimum Gasteiger partial charge on any atom is -0.313 e. The highest BCUT2D eigenvalue weighted by atomic mass is 19.1. The lowest BCUT2D eigenvalue weighted by Gasteiger charge is -2.35. The van der Waals surface area contributed by atoms with E-state index >= 15 is 0 Å². The standard InChI is InChI=1S/C17H26FN/c1-11-9-12(2)15(14(18)10-11)16(19-5)13-7-6-8-17(13,3)4/h9-10,13,16,19H,6-8H2,1-5H3. The van der Waals surface area contributed by atoms with E-state index in [-0.39, 0.29) is 17.3 Å². The van der Waals surface area contributed by atoms with E-state index in [9.17, 15) is 4.39 Å². The quantitative estimate of drug-likeness (QED) is 0.845. The molecular formula is C17H26FN. The second-order valence-corrected chi connectivity index (χ2v) is 6.73. The first-order valence-corrected chi connectivity index (χ1v) is 7.30. The van der Waals surface area contributed by atoms with Gasteiger partial charge < -0.3 is 5.32 Å². The van der Waals surface area contributed by atoms with Crippen molar-refractivity contribution in [3.8, 4) is 0 Å². The Morgan fingerprint density at radius 2 is 2.00 bits per heavy atom. The molecule has 1 aliphatic carbocycles. The second kappa shape index (κ2) is 5.24. The number of nitrogens with one attached hydrogen (secondary N) is 1. The van der Waals surface area contributed by atoms with Crippen LogP contribution in [0.2, 0.25) is 0 Å². The van der Waals surface area contributed by atoms with Crippen molar-refractivity contribution in [1.29, 1.82) is 0 Å². The van der Waals surface area contributed by atoms with Gasteiger partial charge >= 0.3 is 0 Å². The summed E-state index contributed by atoms with van der Waals surface area (Å²) in [6.45, 7) is 8.61. The molecule has 19 heavy (non-hydrogen) atoms. The number of rotatable bonds is 3. The van der Waals surface area contributed by atoms with Gasteiger partial charge in [-0.05, 0) is 62.3 Å². The van der Waals surface area contributed by atoms with Crippen molar-refractivity contribution < 1.29 is 4.39 Å². The van der Waals surface area contributed by atoms with Gasteiger partial charge in [0.25, 0.3) is 0 Å². The van der Waals surface area contributed by atoms with Crippen molar-refractivity contribution in [1.82, 2.24) is 5.32 Å². The molecule has 1 nitrogen and oxygen atoms in total. The van der Waals surface area contributed by atoms with Crippen LogP contribution in [-0.4, -0.2) is 7.05 Å². The molecule has 2 unspecified atom stereocenters. The fourth-order valence-corrected chi connectivity index (χ4v) is 3.84. The van der Waals surface area contributed by atoms with E-state index in [1.807, 2.05) is 20.9 Å². The Morgan fingerprint density at radius 1 is 1.32 bits per heavy atom. The van der Waals surface area contributed by atoms with Crippen molar-refractivity contribution in [2.45, 2.75) is 53.0 Å². The highest BCUT2D eigenvalue weighted by Gasteiger charge is 2.40. The average molecular weight is 263 g/mol. The zero-order valence-electron chi connectivity index (χ0n) is 12.8. The monoisotopic (exact) mass is 263 g/mol. The Kier molecular flexibility index (Phi) is 4.00. The number of hydrogen-bond acceptors (Lipinski definition) is 1. The van der Waals surface area contributed by atoms with E-state index in [0.717, 1.165) is 16.7 Å². The van der Waals surface area contributed by atoms with Crippen LogP contribution < -0.4 is 5.32 Å². The van der Waals surface area contributed by atoms with Crippen LogP contribution in [0, 0.1) is 31.0 Å². The van der Waals surface area contributed by atoms with E-state index in [1.54, 1.807) is 6.07 Å². The van der Waals surface area contributed by atoms with Crippen LogP contribution in [-0.2, 0) is 0 Å². The van der Waals surface area contributed by atoms with Crippen LogP contribution in [0.3, 0.4) is 0 Å². The van der Waals surface area contributed by atoms with Crippen LogP contribution in [0.5, 0.6) is 0 Å². The molecule has 0 heterocycles. The molecule has 0 aromatic heterocycles. The third-order valence-electron chi connectivity index (χ3n) is 4.85. The van der Waals surface area contributed by atoms with Crippen LogP contribution in [0.4, 0.5) is 4.39 Å². The normalized spacial score (nSPS) is 23.6. The SMILES string of the molecule is CNC(c1c(C)cc(C)cc1F)C1CCCC1(C)C. The van der Waals surface area contributed by atoms with Crippen molar-refractivity contribution in [2.24, 2.45) is 11.3 Å². The predicted octanol–water partition coefficient (Wildman–Crippen LogP) is 4.53. The molecule has 1 fully saturated rings. The lowest BCUT2D eigenvalue weighted by Crippen LogP contribution is -2.33. The fourth-order valence-electron chi connectivity index (χ4n) is 3.84. The molecule has 106 valence electrons. The number of benzene rings is 1. The zero-order chi connectivity index (χ0) is 14.2. The van der Waals surface area contributed by atoms with Gasteiger partial charge in [-0.2, -0.15) is 0 Å². The molecule has 1 saturated carbocycles. The Bertz CT molecular complexity index is 441. The molecule has 0 spiro atoms. The van der Waals surface area contributed by atoms with Crippen molar-refractivity contribution in [3.05, 3.63) is 34.6 Å². The van der Waals surface area contributed by atoms with Gasteiger partial charge in [0.1, 0.15) is 5.82 Å².